The number of imidazole rings is 1. The number of amides is 1. The minimum atomic E-state index is 0.102. The fourth-order valence-corrected chi connectivity index (χ4v) is 3.77. The highest BCUT2D eigenvalue weighted by atomic mass is 16.3. The van der Waals surface area contributed by atoms with Gasteiger partial charge in [0.25, 0.3) is 0 Å². The van der Waals surface area contributed by atoms with Crippen LogP contribution < -0.4 is 4.90 Å². The van der Waals surface area contributed by atoms with E-state index < -0.39 is 0 Å². The zero-order valence-electron chi connectivity index (χ0n) is 17.0. The largest absolute Gasteiger partial charge is 0.508 e. The third-order valence-corrected chi connectivity index (χ3v) is 5.46. The summed E-state index contributed by atoms with van der Waals surface area (Å²) in [4.78, 5) is 33.7. The number of hydrogen-bond donors (Lipinski definition) is 1. The average molecular weight is 415 g/mol. The number of rotatable bonds is 3. The molecule has 1 fully saturated rings. The molecule has 0 radical (unpaired) electrons. The van der Waals surface area contributed by atoms with E-state index in [2.05, 4.69) is 19.9 Å². The van der Waals surface area contributed by atoms with Gasteiger partial charge in [-0.1, -0.05) is 12.1 Å². The van der Waals surface area contributed by atoms with Crippen LogP contribution >= 0.6 is 0 Å². The molecule has 1 saturated heterocycles. The molecule has 1 N–H and O–H groups in total. The molecule has 156 valence electrons. The number of phenolic OH excluding ortho intramolecular Hbond substituents is 1. The lowest BCUT2D eigenvalue weighted by Crippen LogP contribution is -2.48. The Bertz CT molecular complexity index is 1260. The zero-order chi connectivity index (χ0) is 21.4. The number of aromatic nitrogens is 5. The van der Waals surface area contributed by atoms with Crippen molar-refractivity contribution in [1.29, 1.82) is 0 Å². The number of fused-ring (bicyclic) bond motifs is 1. The predicted molar refractivity (Wildman–Crippen MR) is 116 cm³/mol. The number of aromatic hydroxyl groups is 1. The highest BCUT2D eigenvalue weighted by Gasteiger charge is 2.20. The Morgan fingerprint density at radius 3 is 2.65 bits per heavy atom. The molecule has 4 heterocycles. The van der Waals surface area contributed by atoms with Crippen molar-refractivity contribution in [2.75, 3.05) is 31.1 Å². The number of hydrogen-bond acceptors (Lipinski definition) is 7. The maximum absolute atomic E-state index is 11.6. The molecular formula is C22H21N7O2. The standard InChI is InChI=1S/C22H21N7O2/c1-15(30)27-7-9-28(10-8-27)20-5-6-23-22(26-20)19-12-25-21-13-24-18(14-29(19)21)16-3-2-4-17(31)11-16/h2-6,11-14,31H,7-10H2,1H3. The lowest BCUT2D eigenvalue weighted by atomic mass is 10.1. The Morgan fingerprint density at radius 1 is 1.03 bits per heavy atom. The van der Waals surface area contributed by atoms with Crippen LogP contribution in [0.2, 0.25) is 0 Å². The summed E-state index contributed by atoms with van der Waals surface area (Å²) < 4.78 is 1.90. The lowest BCUT2D eigenvalue weighted by molar-refractivity contribution is -0.129. The van der Waals surface area contributed by atoms with Gasteiger partial charge < -0.3 is 14.9 Å². The summed E-state index contributed by atoms with van der Waals surface area (Å²) in [7, 11) is 0. The third-order valence-electron chi connectivity index (χ3n) is 5.46. The molecule has 9 nitrogen and oxygen atoms in total. The van der Waals surface area contributed by atoms with E-state index in [1.54, 1.807) is 43.7 Å². The summed E-state index contributed by atoms with van der Waals surface area (Å²) in [5, 5.41) is 9.79. The Balaban J connectivity index is 1.48. The summed E-state index contributed by atoms with van der Waals surface area (Å²) in [6, 6.07) is 8.85. The normalized spacial score (nSPS) is 14.2. The molecule has 0 saturated carbocycles. The highest BCUT2D eigenvalue weighted by Crippen LogP contribution is 2.25. The van der Waals surface area contributed by atoms with Gasteiger partial charge in [-0.05, 0) is 18.2 Å². The van der Waals surface area contributed by atoms with Gasteiger partial charge in [0.1, 0.15) is 17.3 Å². The zero-order valence-corrected chi connectivity index (χ0v) is 17.0. The van der Waals surface area contributed by atoms with Crippen molar-refractivity contribution in [2.24, 2.45) is 0 Å². The number of carbonyl (C=O) groups excluding carboxylic acids is 1. The van der Waals surface area contributed by atoms with Crippen molar-refractivity contribution in [3.8, 4) is 28.5 Å². The van der Waals surface area contributed by atoms with E-state index in [9.17, 15) is 9.90 Å². The van der Waals surface area contributed by atoms with Crippen molar-refractivity contribution in [1.82, 2.24) is 29.2 Å². The van der Waals surface area contributed by atoms with E-state index in [-0.39, 0.29) is 11.7 Å². The van der Waals surface area contributed by atoms with E-state index >= 15 is 0 Å². The molecule has 1 amide bonds. The van der Waals surface area contributed by atoms with E-state index in [1.165, 1.54) is 0 Å². The van der Waals surface area contributed by atoms with Crippen molar-refractivity contribution < 1.29 is 9.90 Å². The van der Waals surface area contributed by atoms with Crippen LogP contribution in [0.15, 0.2) is 55.1 Å². The van der Waals surface area contributed by atoms with Gasteiger partial charge in [0.2, 0.25) is 5.91 Å². The Kier molecular flexibility index (Phi) is 4.70. The first kappa shape index (κ1) is 19.0. The summed E-state index contributed by atoms with van der Waals surface area (Å²) in [5.41, 5.74) is 2.95. The van der Waals surface area contributed by atoms with Crippen molar-refractivity contribution in [3.05, 3.63) is 55.1 Å². The maximum atomic E-state index is 11.6. The number of piperazine rings is 1. The predicted octanol–water partition coefficient (Wildman–Crippen LogP) is 2.23. The molecular weight excluding hydrogens is 394 g/mol. The number of nitrogens with zero attached hydrogens (tertiary/aromatic N) is 7. The quantitative estimate of drug-likeness (QED) is 0.548. The van der Waals surface area contributed by atoms with Crippen molar-refractivity contribution in [2.45, 2.75) is 6.92 Å². The second-order valence-corrected chi connectivity index (χ2v) is 7.43. The Labute approximate surface area is 178 Å². The van der Waals surface area contributed by atoms with Gasteiger partial charge in [-0.25, -0.2) is 15.0 Å². The first-order valence-electron chi connectivity index (χ1n) is 10.0. The maximum Gasteiger partial charge on any atom is 0.219 e. The van der Waals surface area contributed by atoms with Gasteiger partial charge in [-0.15, -0.1) is 0 Å². The van der Waals surface area contributed by atoms with E-state index in [4.69, 9.17) is 4.98 Å². The van der Waals surface area contributed by atoms with Crippen molar-refractivity contribution >= 4 is 17.4 Å². The number of carbonyl (C=O) groups is 1. The van der Waals surface area contributed by atoms with Gasteiger partial charge in [-0.2, -0.15) is 0 Å². The molecule has 0 spiro atoms. The van der Waals surface area contributed by atoms with E-state index in [0.717, 1.165) is 30.2 Å². The monoisotopic (exact) mass is 415 g/mol. The molecule has 0 bridgehead atoms. The molecule has 1 aliphatic rings. The second-order valence-electron chi connectivity index (χ2n) is 7.43. The molecule has 31 heavy (non-hydrogen) atoms. The van der Waals surface area contributed by atoms with Gasteiger partial charge in [-0.3, -0.25) is 14.2 Å². The minimum Gasteiger partial charge on any atom is -0.508 e. The molecule has 0 atom stereocenters. The SMILES string of the molecule is CC(=O)N1CCN(c2ccnc(-c3cnc4cnc(-c5cccc(O)c5)cn34)n2)CC1. The molecule has 0 aliphatic carbocycles. The molecule has 5 rings (SSSR count). The fourth-order valence-electron chi connectivity index (χ4n) is 3.77. The van der Waals surface area contributed by atoms with Crippen LogP contribution in [0.25, 0.3) is 28.4 Å². The van der Waals surface area contributed by atoms with E-state index in [1.807, 2.05) is 27.6 Å². The number of benzene rings is 1. The van der Waals surface area contributed by atoms with Crippen LogP contribution in [0, 0.1) is 0 Å². The molecule has 1 aliphatic heterocycles. The van der Waals surface area contributed by atoms with Gasteiger partial charge in [0, 0.05) is 51.1 Å². The Morgan fingerprint density at radius 2 is 1.87 bits per heavy atom. The number of phenols is 1. The molecule has 9 heteroatoms. The van der Waals surface area contributed by atoms with Crippen LogP contribution in [-0.2, 0) is 4.79 Å². The molecule has 1 aromatic carbocycles. The average Bonchev–Trinajstić information content (AvgIpc) is 3.22. The van der Waals surface area contributed by atoms with Crippen LogP contribution in [0.3, 0.4) is 0 Å². The molecule has 4 aromatic rings. The van der Waals surface area contributed by atoms with Gasteiger partial charge in [0.15, 0.2) is 11.5 Å². The second kappa shape index (κ2) is 7.67. The minimum absolute atomic E-state index is 0.102. The van der Waals surface area contributed by atoms with E-state index in [0.29, 0.717) is 30.3 Å². The Hall–Kier alpha value is -4.01. The van der Waals surface area contributed by atoms with Crippen LogP contribution in [-0.4, -0.2) is 66.4 Å². The summed E-state index contributed by atoms with van der Waals surface area (Å²) in [5.74, 6) is 1.67. The molecule has 3 aromatic heterocycles. The van der Waals surface area contributed by atoms with Crippen molar-refractivity contribution in [3.63, 3.8) is 0 Å². The van der Waals surface area contributed by atoms with Crippen LogP contribution in [0.1, 0.15) is 6.92 Å². The highest BCUT2D eigenvalue weighted by molar-refractivity contribution is 5.73. The van der Waals surface area contributed by atoms with Crippen LogP contribution in [0.5, 0.6) is 5.75 Å². The summed E-state index contributed by atoms with van der Waals surface area (Å²) in [6.07, 6.45) is 7.03. The summed E-state index contributed by atoms with van der Waals surface area (Å²) >= 11 is 0. The first-order chi connectivity index (χ1) is 15.1. The van der Waals surface area contributed by atoms with Crippen LogP contribution in [0.4, 0.5) is 5.82 Å². The molecule has 0 unspecified atom stereocenters. The number of anilines is 1. The third kappa shape index (κ3) is 3.65. The first-order valence-corrected chi connectivity index (χ1v) is 10.0. The van der Waals surface area contributed by atoms with Gasteiger partial charge >= 0.3 is 0 Å². The van der Waals surface area contributed by atoms with Gasteiger partial charge in [0.05, 0.1) is 18.1 Å². The summed E-state index contributed by atoms with van der Waals surface area (Å²) in [6.45, 7) is 4.43. The topological polar surface area (TPSA) is 99.8 Å². The smallest absolute Gasteiger partial charge is 0.219 e. The lowest BCUT2D eigenvalue weighted by Gasteiger charge is -2.34. The fraction of sp³-hybridized carbons (Fsp3) is 0.227.